The molecule has 1 aromatic heterocycles. The molecule has 0 N–H and O–H groups in total. The number of pyridine rings is 1. The molecule has 1 aromatic carbocycles. The van der Waals surface area contributed by atoms with Crippen LogP contribution in [0.2, 0.25) is 0 Å². The molecule has 7 nitrogen and oxygen atoms in total. The zero-order chi connectivity index (χ0) is 25.3. The summed E-state index contributed by atoms with van der Waals surface area (Å²) in [6.07, 6.45) is 1.75. The van der Waals surface area contributed by atoms with Gasteiger partial charge in [0.15, 0.2) is 0 Å². The minimum Gasteiger partial charge on any atom is -0.355 e. The second-order valence-corrected chi connectivity index (χ2v) is 10.2. The summed E-state index contributed by atoms with van der Waals surface area (Å²) in [5.74, 6) is 0.105. The number of likely N-dealkylation sites (N-methyl/N-ethyl adjacent to an activating group) is 1. The van der Waals surface area contributed by atoms with Crippen molar-refractivity contribution in [2.75, 3.05) is 37.6 Å². The van der Waals surface area contributed by atoms with E-state index in [1.54, 1.807) is 32.2 Å². The van der Waals surface area contributed by atoms with Crippen LogP contribution in [0.25, 0.3) is 6.08 Å². The van der Waals surface area contributed by atoms with E-state index in [1.165, 1.54) is 33.4 Å². The molecular weight excluding hydrogens is 485 g/mol. The number of piperazine rings is 1. The fourth-order valence-electron chi connectivity index (χ4n) is 4.41. The van der Waals surface area contributed by atoms with Crippen LogP contribution in [0, 0.1) is 24.1 Å². The number of carbonyl (C=O) groups is 1. The Morgan fingerprint density at radius 2 is 1.83 bits per heavy atom. The molecule has 2 aliphatic heterocycles. The third kappa shape index (κ3) is 4.89. The summed E-state index contributed by atoms with van der Waals surface area (Å²) in [6.45, 7) is 8.27. The van der Waals surface area contributed by atoms with Crippen molar-refractivity contribution in [2.24, 2.45) is 7.05 Å². The summed E-state index contributed by atoms with van der Waals surface area (Å²) < 4.78 is 15.2. The summed E-state index contributed by atoms with van der Waals surface area (Å²) in [5, 5.41) is 9.66. The number of carbonyl (C=O) groups excluding carboxylic acids is 1. The van der Waals surface area contributed by atoms with Crippen LogP contribution >= 0.6 is 24.0 Å². The fourth-order valence-corrected chi connectivity index (χ4v) is 5.65. The van der Waals surface area contributed by atoms with E-state index < -0.39 is 0 Å². The molecule has 1 amide bonds. The lowest BCUT2D eigenvalue weighted by Gasteiger charge is -2.37. The molecule has 0 aliphatic carbocycles. The average molecular weight is 512 g/mol. The number of hydrogen-bond donors (Lipinski definition) is 0. The number of nitrogens with zero attached hydrogens (tertiary/aromatic N) is 5. The Labute approximate surface area is 213 Å². The SMILES string of the molecule is CCN1CCN(c2c(C=C3SC(=S)N(Cc4ccc(F)cc4)C3=O)c(C)c(C#N)c(=O)n2C)CC1. The van der Waals surface area contributed by atoms with Crippen LogP contribution in [0.1, 0.15) is 29.2 Å². The van der Waals surface area contributed by atoms with E-state index in [0.717, 1.165) is 38.3 Å². The highest BCUT2D eigenvalue weighted by Crippen LogP contribution is 2.36. The topological polar surface area (TPSA) is 72.6 Å². The van der Waals surface area contributed by atoms with Gasteiger partial charge in [0.1, 0.15) is 27.6 Å². The first-order chi connectivity index (χ1) is 16.7. The molecular formula is C25H26FN5O2S2. The second kappa shape index (κ2) is 10.3. The highest BCUT2D eigenvalue weighted by Gasteiger charge is 2.33. The van der Waals surface area contributed by atoms with Gasteiger partial charge < -0.3 is 9.80 Å². The zero-order valence-electron chi connectivity index (χ0n) is 19.9. The van der Waals surface area contributed by atoms with Crippen LogP contribution < -0.4 is 10.5 Å². The number of anilines is 1. The van der Waals surface area contributed by atoms with E-state index in [9.17, 15) is 19.2 Å². The Bertz CT molecular complexity index is 1310. The van der Waals surface area contributed by atoms with Crippen LogP contribution in [-0.4, -0.2) is 57.3 Å². The van der Waals surface area contributed by atoms with Gasteiger partial charge in [-0.25, -0.2) is 4.39 Å². The van der Waals surface area contributed by atoms with Crippen molar-refractivity contribution in [3.8, 4) is 6.07 Å². The number of nitriles is 1. The number of thiocarbonyl (C=S) groups is 1. The van der Waals surface area contributed by atoms with Gasteiger partial charge in [0.05, 0.1) is 11.4 Å². The Kier molecular flexibility index (Phi) is 7.40. The van der Waals surface area contributed by atoms with Crippen molar-refractivity contribution >= 4 is 46.1 Å². The van der Waals surface area contributed by atoms with Gasteiger partial charge in [-0.15, -0.1) is 0 Å². The standard InChI is InChI=1S/C25H26FN5O2S2/c1-4-29-9-11-30(12-10-29)22-19(16(2)20(14-27)23(32)28(22)3)13-21-24(33)31(25(34)35-21)15-17-5-7-18(26)8-6-17/h5-8,13H,4,9-12,15H2,1-3H3. The van der Waals surface area contributed by atoms with Gasteiger partial charge in [0.2, 0.25) is 0 Å². The molecule has 0 atom stereocenters. The van der Waals surface area contributed by atoms with Gasteiger partial charge in [-0.1, -0.05) is 43.0 Å². The van der Waals surface area contributed by atoms with E-state index in [4.69, 9.17) is 12.2 Å². The minimum atomic E-state index is -0.348. The molecule has 2 aromatic rings. The molecule has 0 bridgehead atoms. The first-order valence-electron chi connectivity index (χ1n) is 11.4. The van der Waals surface area contributed by atoms with Gasteiger partial charge in [-0.2, -0.15) is 5.26 Å². The Balaban J connectivity index is 1.74. The lowest BCUT2D eigenvalue weighted by atomic mass is 10.0. The largest absolute Gasteiger partial charge is 0.355 e. The van der Waals surface area contributed by atoms with Gasteiger partial charge in [-0.3, -0.25) is 19.1 Å². The van der Waals surface area contributed by atoms with Crippen LogP contribution in [-0.2, 0) is 18.4 Å². The van der Waals surface area contributed by atoms with E-state index in [2.05, 4.69) is 16.7 Å². The highest BCUT2D eigenvalue weighted by molar-refractivity contribution is 8.26. The number of aromatic nitrogens is 1. The van der Waals surface area contributed by atoms with Gasteiger partial charge >= 0.3 is 0 Å². The molecule has 10 heteroatoms. The van der Waals surface area contributed by atoms with E-state index in [1.807, 2.05) is 6.07 Å². The number of rotatable bonds is 5. The maximum Gasteiger partial charge on any atom is 0.270 e. The normalized spacial score (nSPS) is 18.0. The number of thioether (sulfide) groups is 1. The number of benzene rings is 1. The fraction of sp³-hybridized carbons (Fsp3) is 0.360. The Morgan fingerprint density at radius 3 is 2.43 bits per heavy atom. The molecule has 2 fully saturated rings. The lowest BCUT2D eigenvalue weighted by molar-refractivity contribution is -0.122. The molecule has 3 heterocycles. The van der Waals surface area contributed by atoms with Gasteiger partial charge in [-0.05, 0) is 42.8 Å². The summed E-state index contributed by atoms with van der Waals surface area (Å²) in [4.78, 5) is 32.6. The molecule has 2 saturated heterocycles. The molecule has 0 unspecified atom stereocenters. The lowest BCUT2D eigenvalue weighted by Crippen LogP contribution is -2.48. The minimum absolute atomic E-state index is 0.0662. The predicted octanol–water partition coefficient (Wildman–Crippen LogP) is 3.25. The average Bonchev–Trinajstić information content (AvgIpc) is 3.12. The number of halogens is 1. The Hall–Kier alpha value is -3.00. The van der Waals surface area contributed by atoms with Crippen molar-refractivity contribution < 1.29 is 9.18 Å². The number of amides is 1. The first kappa shape index (κ1) is 25.1. The summed E-state index contributed by atoms with van der Waals surface area (Å²) in [6, 6.07) is 7.99. The Morgan fingerprint density at radius 1 is 1.17 bits per heavy atom. The van der Waals surface area contributed by atoms with Crippen LogP contribution in [0.4, 0.5) is 10.2 Å². The maximum atomic E-state index is 13.3. The predicted molar refractivity (Wildman–Crippen MR) is 141 cm³/mol. The number of hydrogen-bond acceptors (Lipinski definition) is 7. The van der Waals surface area contributed by atoms with Crippen LogP contribution in [0.5, 0.6) is 0 Å². The van der Waals surface area contributed by atoms with Crippen molar-refractivity contribution in [1.29, 1.82) is 5.26 Å². The quantitative estimate of drug-likeness (QED) is 0.451. The van der Waals surface area contributed by atoms with Crippen molar-refractivity contribution in [3.05, 3.63) is 67.6 Å². The third-order valence-electron chi connectivity index (χ3n) is 6.49. The van der Waals surface area contributed by atoms with Crippen LogP contribution in [0.15, 0.2) is 34.0 Å². The second-order valence-electron chi connectivity index (χ2n) is 8.53. The molecule has 35 heavy (non-hydrogen) atoms. The van der Waals surface area contributed by atoms with Gasteiger partial charge in [0, 0.05) is 38.8 Å². The molecule has 4 rings (SSSR count). The third-order valence-corrected chi connectivity index (χ3v) is 7.87. The zero-order valence-corrected chi connectivity index (χ0v) is 21.5. The van der Waals surface area contributed by atoms with Crippen molar-refractivity contribution in [1.82, 2.24) is 14.4 Å². The van der Waals surface area contributed by atoms with E-state index in [-0.39, 0.29) is 29.4 Å². The van der Waals surface area contributed by atoms with E-state index >= 15 is 0 Å². The molecule has 182 valence electrons. The highest BCUT2D eigenvalue weighted by atomic mass is 32.2. The van der Waals surface area contributed by atoms with Gasteiger partial charge in [0.25, 0.3) is 11.5 Å². The molecule has 2 aliphatic rings. The smallest absolute Gasteiger partial charge is 0.270 e. The summed E-state index contributed by atoms with van der Waals surface area (Å²) >= 11 is 6.67. The summed E-state index contributed by atoms with van der Waals surface area (Å²) in [7, 11) is 1.67. The van der Waals surface area contributed by atoms with Crippen molar-refractivity contribution in [3.63, 3.8) is 0 Å². The van der Waals surface area contributed by atoms with Crippen molar-refractivity contribution in [2.45, 2.75) is 20.4 Å². The van der Waals surface area contributed by atoms with Crippen LogP contribution in [0.3, 0.4) is 0 Å². The molecule has 0 radical (unpaired) electrons. The molecule has 0 saturated carbocycles. The molecule has 0 spiro atoms. The van der Waals surface area contributed by atoms with E-state index in [0.29, 0.717) is 26.2 Å². The maximum absolute atomic E-state index is 13.3. The monoisotopic (exact) mass is 511 g/mol. The summed E-state index contributed by atoms with van der Waals surface area (Å²) in [5.41, 5.74) is 1.71. The first-order valence-corrected chi connectivity index (χ1v) is 12.6.